The van der Waals surface area contributed by atoms with E-state index < -0.39 is 11.7 Å². The summed E-state index contributed by atoms with van der Waals surface area (Å²) >= 11 is 5.93. The van der Waals surface area contributed by atoms with Crippen LogP contribution in [-0.4, -0.2) is 5.71 Å². The molecule has 3 rings (SSSR count). The van der Waals surface area contributed by atoms with Gasteiger partial charge in [-0.25, -0.2) is 0 Å². The molecule has 0 aromatic heterocycles. The van der Waals surface area contributed by atoms with Crippen molar-refractivity contribution in [3.8, 4) is 0 Å². The zero-order valence-electron chi connectivity index (χ0n) is 11.4. The zero-order valence-corrected chi connectivity index (χ0v) is 12.2. The number of halogens is 4. The summed E-state index contributed by atoms with van der Waals surface area (Å²) in [5, 5.41) is 4.43. The summed E-state index contributed by atoms with van der Waals surface area (Å²) in [6.07, 6.45) is -2.77. The Morgan fingerprint density at radius 2 is 1.82 bits per heavy atom. The lowest BCUT2D eigenvalue weighted by Gasteiger charge is -2.10. The topological polar surface area (TPSA) is 24.4 Å². The van der Waals surface area contributed by atoms with E-state index in [-0.39, 0.29) is 10.7 Å². The summed E-state index contributed by atoms with van der Waals surface area (Å²) in [5.41, 5.74) is 5.09. The van der Waals surface area contributed by atoms with E-state index >= 15 is 0 Å². The quantitative estimate of drug-likeness (QED) is 0.762. The van der Waals surface area contributed by atoms with Crippen molar-refractivity contribution >= 4 is 23.0 Å². The Bertz CT molecular complexity index is 738. The number of fused-ring (bicyclic) bond motifs is 1. The van der Waals surface area contributed by atoms with E-state index in [2.05, 4.69) is 10.5 Å². The third-order valence-corrected chi connectivity index (χ3v) is 3.89. The number of alkyl halides is 3. The Balaban J connectivity index is 1.87. The number of aryl methyl sites for hydroxylation is 1. The highest BCUT2D eigenvalue weighted by molar-refractivity contribution is 6.33. The molecule has 6 heteroatoms. The number of anilines is 1. The lowest BCUT2D eigenvalue weighted by molar-refractivity contribution is -0.137. The van der Waals surface area contributed by atoms with Crippen LogP contribution >= 0.6 is 11.6 Å². The van der Waals surface area contributed by atoms with Crippen molar-refractivity contribution in [3.05, 3.63) is 64.2 Å². The molecule has 1 aliphatic rings. The maximum Gasteiger partial charge on any atom is 0.416 e. The fourth-order valence-corrected chi connectivity index (χ4v) is 2.60. The third-order valence-electron chi connectivity index (χ3n) is 3.56. The molecule has 0 atom stereocenters. The van der Waals surface area contributed by atoms with E-state index in [1.165, 1.54) is 11.6 Å². The number of hydrazone groups is 1. The summed E-state index contributed by atoms with van der Waals surface area (Å²) in [4.78, 5) is 0. The van der Waals surface area contributed by atoms with Gasteiger partial charge in [0.2, 0.25) is 0 Å². The van der Waals surface area contributed by atoms with Crippen molar-refractivity contribution in [1.82, 2.24) is 0 Å². The van der Waals surface area contributed by atoms with Gasteiger partial charge in [0.1, 0.15) is 0 Å². The monoisotopic (exact) mass is 324 g/mol. The van der Waals surface area contributed by atoms with E-state index in [0.717, 1.165) is 36.2 Å². The van der Waals surface area contributed by atoms with Gasteiger partial charge < -0.3 is 0 Å². The van der Waals surface area contributed by atoms with Gasteiger partial charge in [-0.3, -0.25) is 5.43 Å². The molecule has 2 aromatic rings. The van der Waals surface area contributed by atoms with Crippen LogP contribution in [0.4, 0.5) is 18.9 Å². The van der Waals surface area contributed by atoms with Crippen molar-refractivity contribution in [2.24, 2.45) is 5.10 Å². The molecular formula is C16H12ClF3N2. The predicted molar refractivity (Wildman–Crippen MR) is 81.4 cm³/mol. The number of benzene rings is 2. The molecule has 1 aliphatic carbocycles. The Labute approximate surface area is 130 Å². The summed E-state index contributed by atoms with van der Waals surface area (Å²) in [5.74, 6) is 0. The number of rotatable bonds is 2. The van der Waals surface area contributed by atoms with Crippen LogP contribution in [0.1, 0.15) is 23.1 Å². The smallest absolute Gasteiger partial charge is 0.277 e. The molecule has 114 valence electrons. The molecule has 0 unspecified atom stereocenters. The molecule has 0 amide bonds. The molecule has 1 N–H and O–H groups in total. The first kappa shape index (κ1) is 14.9. The van der Waals surface area contributed by atoms with E-state index in [9.17, 15) is 13.2 Å². The van der Waals surface area contributed by atoms with Gasteiger partial charge in [0.15, 0.2) is 0 Å². The maximum atomic E-state index is 12.7. The normalized spacial score (nSPS) is 15.9. The van der Waals surface area contributed by atoms with Crippen LogP contribution in [-0.2, 0) is 12.6 Å². The minimum Gasteiger partial charge on any atom is -0.277 e. The molecule has 0 aliphatic heterocycles. The molecule has 2 aromatic carbocycles. The summed E-state index contributed by atoms with van der Waals surface area (Å²) in [7, 11) is 0. The molecule has 0 bridgehead atoms. The lowest BCUT2D eigenvalue weighted by atomic mass is 10.1. The Kier molecular flexibility index (Phi) is 3.83. The van der Waals surface area contributed by atoms with Gasteiger partial charge in [0.05, 0.1) is 22.0 Å². The molecule has 0 fully saturated rings. The lowest BCUT2D eigenvalue weighted by Crippen LogP contribution is -2.06. The first-order chi connectivity index (χ1) is 10.4. The number of hydrogen-bond acceptors (Lipinski definition) is 2. The van der Waals surface area contributed by atoms with Crippen molar-refractivity contribution in [3.63, 3.8) is 0 Å². The molecule has 0 radical (unpaired) electrons. The average molecular weight is 325 g/mol. The van der Waals surface area contributed by atoms with Gasteiger partial charge in [0, 0.05) is 5.56 Å². The van der Waals surface area contributed by atoms with Gasteiger partial charge in [-0.05, 0) is 36.6 Å². The Hall–Kier alpha value is -2.01. The predicted octanol–water partition coefficient (Wildman–Crippen LogP) is 5.12. The van der Waals surface area contributed by atoms with Crippen molar-refractivity contribution in [2.75, 3.05) is 5.43 Å². The zero-order chi connectivity index (χ0) is 15.7. The molecule has 2 nitrogen and oxygen atoms in total. The summed E-state index contributed by atoms with van der Waals surface area (Å²) in [6.45, 7) is 0. The standard InChI is InChI=1S/C16H12ClF3N2/c17-13-7-6-11(16(18,19)20)9-15(13)22-21-14-8-5-10-3-1-2-4-12(10)14/h1-4,6-7,9,22H,5,8H2. The van der Waals surface area contributed by atoms with Crippen LogP contribution in [0.15, 0.2) is 47.6 Å². The minimum atomic E-state index is -4.41. The third kappa shape index (κ3) is 2.95. The molecule has 0 spiro atoms. The maximum absolute atomic E-state index is 12.7. The van der Waals surface area contributed by atoms with Gasteiger partial charge >= 0.3 is 6.18 Å². The van der Waals surface area contributed by atoms with Gasteiger partial charge in [-0.2, -0.15) is 18.3 Å². The van der Waals surface area contributed by atoms with Crippen LogP contribution in [0.25, 0.3) is 0 Å². The van der Waals surface area contributed by atoms with Gasteiger partial charge in [-0.15, -0.1) is 0 Å². The van der Waals surface area contributed by atoms with E-state index in [4.69, 9.17) is 11.6 Å². The van der Waals surface area contributed by atoms with Crippen molar-refractivity contribution in [2.45, 2.75) is 19.0 Å². The largest absolute Gasteiger partial charge is 0.416 e. The second-order valence-electron chi connectivity index (χ2n) is 5.02. The fourth-order valence-electron chi connectivity index (χ4n) is 2.44. The van der Waals surface area contributed by atoms with Crippen LogP contribution in [0.3, 0.4) is 0 Å². The molecule has 22 heavy (non-hydrogen) atoms. The van der Waals surface area contributed by atoms with Crippen LogP contribution in [0.2, 0.25) is 5.02 Å². The van der Waals surface area contributed by atoms with Gasteiger partial charge in [-0.1, -0.05) is 35.9 Å². The Morgan fingerprint density at radius 3 is 2.59 bits per heavy atom. The SMILES string of the molecule is FC(F)(F)c1ccc(Cl)c(NN=C2CCc3ccccc32)c1. The van der Waals surface area contributed by atoms with Crippen LogP contribution in [0, 0.1) is 0 Å². The van der Waals surface area contributed by atoms with Crippen LogP contribution in [0.5, 0.6) is 0 Å². The first-order valence-corrected chi connectivity index (χ1v) is 7.10. The summed E-state index contributed by atoms with van der Waals surface area (Å²) < 4.78 is 38.2. The van der Waals surface area contributed by atoms with E-state index in [0.29, 0.717) is 0 Å². The molecule has 0 heterocycles. The average Bonchev–Trinajstić information content (AvgIpc) is 2.88. The Morgan fingerprint density at radius 1 is 1.05 bits per heavy atom. The van der Waals surface area contributed by atoms with E-state index in [1.54, 1.807) is 0 Å². The van der Waals surface area contributed by atoms with Crippen molar-refractivity contribution < 1.29 is 13.2 Å². The second-order valence-corrected chi connectivity index (χ2v) is 5.43. The number of nitrogens with one attached hydrogen (secondary N) is 1. The highest BCUT2D eigenvalue weighted by Crippen LogP contribution is 2.34. The highest BCUT2D eigenvalue weighted by Gasteiger charge is 2.31. The fraction of sp³-hybridized carbons (Fsp3) is 0.188. The van der Waals surface area contributed by atoms with Gasteiger partial charge in [0.25, 0.3) is 0 Å². The molecule has 0 saturated carbocycles. The first-order valence-electron chi connectivity index (χ1n) is 6.73. The minimum absolute atomic E-state index is 0.147. The number of hydrogen-bond donors (Lipinski definition) is 1. The van der Waals surface area contributed by atoms with E-state index in [1.807, 2.05) is 24.3 Å². The van der Waals surface area contributed by atoms with Crippen molar-refractivity contribution in [1.29, 1.82) is 0 Å². The molecule has 0 saturated heterocycles. The number of nitrogens with zero attached hydrogens (tertiary/aromatic N) is 1. The molecular weight excluding hydrogens is 313 g/mol. The van der Waals surface area contributed by atoms with Crippen LogP contribution < -0.4 is 5.43 Å². The summed E-state index contributed by atoms with van der Waals surface area (Å²) in [6, 6.07) is 11.0. The highest BCUT2D eigenvalue weighted by atomic mass is 35.5. The second kappa shape index (κ2) is 5.65.